The quantitative estimate of drug-likeness (QED) is 0.782. The van der Waals surface area contributed by atoms with E-state index in [2.05, 4.69) is 28.7 Å². The van der Waals surface area contributed by atoms with Crippen molar-refractivity contribution < 1.29 is 5.11 Å². The maximum atomic E-state index is 9.28. The van der Waals surface area contributed by atoms with Crippen LogP contribution in [0, 0.1) is 0 Å². The first kappa shape index (κ1) is 14.5. The minimum Gasteiger partial charge on any atom is -0.395 e. The minimum atomic E-state index is 0.122. The molecule has 2 rings (SSSR count). The summed E-state index contributed by atoms with van der Waals surface area (Å²) < 4.78 is 0. The number of rotatable bonds is 7. The first-order valence-electron chi connectivity index (χ1n) is 7.11. The van der Waals surface area contributed by atoms with E-state index in [4.69, 9.17) is 11.6 Å². The molecule has 0 spiro atoms. The van der Waals surface area contributed by atoms with E-state index in [0.29, 0.717) is 23.7 Å². The normalized spacial score (nSPS) is 15.0. The Labute approximate surface area is 119 Å². The summed E-state index contributed by atoms with van der Waals surface area (Å²) in [6.07, 6.45) is 4.36. The second kappa shape index (κ2) is 6.53. The van der Waals surface area contributed by atoms with E-state index in [1.54, 1.807) is 6.07 Å². The zero-order chi connectivity index (χ0) is 13.8. The van der Waals surface area contributed by atoms with Crippen LogP contribution in [0.15, 0.2) is 6.07 Å². The topological polar surface area (TPSA) is 49.2 Å². The van der Waals surface area contributed by atoms with Gasteiger partial charge in [0.05, 0.1) is 6.61 Å². The van der Waals surface area contributed by atoms with Gasteiger partial charge in [-0.25, -0.2) is 9.97 Å². The van der Waals surface area contributed by atoms with Crippen LogP contribution in [0.4, 0.5) is 5.82 Å². The van der Waals surface area contributed by atoms with E-state index in [-0.39, 0.29) is 6.61 Å². The average molecular weight is 284 g/mol. The number of hydrogen-bond donors (Lipinski definition) is 1. The predicted octanol–water partition coefficient (Wildman–Crippen LogP) is 2.99. The third kappa shape index (κ3) is 3.57. The molecule has 19 heavy (non-hydrogen) atoms. The zero-order valence-electron chi connectivity index (χ0n) is 11.6. The van der Waals surface area contributed by atoms with Gasteiger partial charge in [0.15, 0.2) is 0 Å². The molecule has 1 N–H and O–H groups in total. The van der Waals surface area contributed by atoms with Crippen LogP contribution in [0.3, 0.4) is 0 Å². The highest BCUT2D eigenvalue weighted by Crippen LogP contribution is 2.39. The molecule has 4 nitrogen and oxygen atoms in total. The Morgan fingerprint density at radius 2 is 2.05 bits per heavy atom. The van der Waals surface area contributed by atoms with Crippen LogP contribution in [-0.2, 0) is 0 Å². The van der Waals surface area contributed by atoms with Gasteiger partial charge in [-0.2, -0.15) is 0 Å². The average Bonchev–Trinajstić information content (AvgIpc) is 3.22. The molecule has 1 saturated carbocycles. The molecule has 0 radical (unpaired) electrons. The molecule has 1 aromatic heterocycles. The smallest absolute Gasteiger partial charge is 0.135 e. The monoisotopic (exact) mass is 283 g/mol. The van der Waals surface area contributed by atoms with Crippen molar-refractivity contribution in [2.75, 3.05) is 18.1 Å². The Bertz CT molecular complexity index is 419. The van der Waals surface area contributed by atoms with Gasteiger partial charge in [-0.3, -0.25) is 0 Å². The van der Waals surface area contributed by atoms with Crippen LogP contribution in [0.1, 0.15) is 51.3 Å². The SMILES string of the molecule is CCC(CC)N(CCO)c1cc(Cl)nc(C2CC2)n1. The summed E-state index contributed by atoms with van der Waals surface area (Å²) >= 11 is 6.12. The maximum Gasteiger partial charge on any atom is 0.135 e. The zero-order valence-corrected chi connectivity index (χ0v) is 12.4. The lowest BCUT2D eigenvalue weighted by atomic mass is 10.1. The van der Waals surface area contributed by atoms with E-state index in [1.807, 2.05) is 0 Å². The number of hydrogen-bond acceptors (Lipinski definition) is 4. The van der Waals surface area contributed by atoms with Crippen LogP contribution >= 0.6 is 11.6 Å². The van der Waals surface area contributed by atoms with Gasteiger partial charge in [0, 0.05) is 24.6 Å². The molecule has 0 aromatic carbocycles. The molecule has 0 saturated heterocycles. The molecule has 1 aliphatic carbocycles. The summed E-state index contributed by atoms with van der Waals surface area (Å²) in [5.41, 5.74) is 0. The van der Waals surface area contributed by atoms with Crippen molar-refractivity contribution in [1.29, 1.82) is 0 Å². The third-order valence-corrected chi connectivity index (χ3v) is 3.85. The van der Waals surface area contributed by atoms with Crippen LogP contribution in [0.2, 0.25) is 5.15 Å². The number of aliphatic hydroxyl groups excluding tert-OH is 1. The highest BCUT2D eigenvalue weighted by atomic mass is 35.5. The summed E-state index contributed by atoms with van der Waals surface area (Å²) in [5, 5.41) is 9.78. The van der Waals surface area contributed by atoms with Crippen LogP contribution in [0.25, 0.3) is 0 Å². The molecule has 0 aliphatic heterocycles. The van der Waals surface area contributed by atoms with Crippen LogP contribution in [-0.4, -0.2) is 34.3 Å². The van der Waals surface area contributed by atoms with Gasteiger partial charge in [-0.15, -0.1) is 0 Å². The van der Waals surface area contributed by atoms with Gasteiger partial charge in [0.1, 0.15) is 16.8 Å². The van der Waals surface area contributed by atoms with Gasteiger partial charge < -0.3 is 10.0 Å². The molecular weight excluding hydrogens is 262 g/mol. The van der Waals surface area contributed by atoms with Crippen molar-refractivity contribution in [3.05, 3.63) is 17.0 Å². The summed E-state index contributed by atoms with van der Waals surface area (Å²) in [5.74, 6) is 2.19. The molecule has 1 aliphatic rings. The molecule has 106 valence electrons. The largest absolute Gasteiger partial charge is 0.395 e. The van der Waals surface area contributed by atoms with Crippen LogP contribution in [0.5, 0.6) is 0 Å². The molecule has 1 heterocycles. The van der Waals surface area contributed by atoms with Crippen molar-refractivity contribution in [2.45, 2.75) is 51.5 Å². The lowest BCUT2D eigenvalue weighted by molar-refractivity contribution is 0.295. The second-order valence-electron chi connectivity index (χ2n) is 5.07. The number of nitrogens with zero attached hydrogens (tertiary/aromatic N) is 3. The van der Waals surface area contributed by atoms with E-state index in [1.165, 1.54) is 0 Å². The van der Waals surface area contributed by atoms with Gasteiger partial charge in [0.2, 0.25) is 0 Å². The first-order chi connectivity index (χ1) is 9.19. The number of aliphatic hydroxyl groups is 1. The van der Waals surface area contributed by atoms with Gasteiger partial charge in [-0.05, 0) is 25.7 Å². The van der Waals surface area contributed by atoms with Gasteiger partial charge in [-0.1, -0.05) is 25.4 Å². The van der Waals surface area contributed by atoms with Crippen molar-refractivity contribution in [3.63, 3.8) is 0 Å². The van der Waals surface area contributed by atoms with Crippen molar-refractivity contribution in [3.8, 4) is 0 Å². The van der Waals surface area contributed by atoms with Gasteiger partial charge >= 0.3 is 0 Å². The van der Waals surface area contributed by atoms with Crippen molar-refractivity contribution >= 4 is 17.4 Å². The fourth-order valence-corrected chi connectivity index (χ4v) is 2.60. The predicted molar refractivity (Wildman–Crippen MR) is 77.8 cm³/mol. The summed E-state index contributed by atoms with van der Waals surface area (Å²) in [4.78, 5) is 11.1. The maximum absolute atomic E-state index is 9.28. The molecule has 1 fully saturated rings. The van der Waals surface area contributed by atoms with Crippen LogP contribution < -0.4 is 4.90 Å². The van der Waals surface area contributed by atoms with Gasteiger partial charge in [0.25, 0.3) is 0 Å². The second-order valence-corrected chi connectivity index (χ2v) is 5.46. The van der Waals surface area contributed by atoms with E-state index in [0.717, 1.165) is 37.3 Å². The lowest BCUT2D eigenvalue weighted by Gasteiger charge is -2.31. The minimum absolute atomic E-state index is 0.122. The van der Waals surface area contributed by atoms with Crippen molar-refractivity contribution in [1.82, 2.24) is 9.97 Å². The number of aromatic nitrogens is 2. The molecule has 0 bridgehead atoms. The summed E-state index contributed by atoms with van der Waals surface area (Å²) in [7, 11) is 0. The molecular formula is C14H22ClN3O. The highest BCUT2D eigenvalue weighted by Gasteiger charge is 2.28. The lowest BCUT2D eigenvalue weighted by Crippen LogP contribution is -2.37. The summed E-state index contributed by atoms with van der Waals surface area (Å²) in [6, 6.07) is 2.19. The third-order valence-electron chi connectivity index (χ3n) is 3.66. The number of halogens is 1. The molecule has 1 aromatic rings. The Hall–Kier alpha value is -0.870. The molecule has 5 heteroatoms. The molecule has 0 atom stereocenters. The Morgan fingerprint density at radius 3 is 2.58 bits per heavy atom. The fourth-order valence-electron chi connectivity index (χ4n) is 2.42. The Balaban J connectivity index is 2.29. The Morgan fingerprint density at radius 1 is 1.37 bits per heavy atom. The van der Waals surface area contributed by atoms with Crippen molar-refractivity contribution in [2.24, 2.45) is 0 Å². The van der Waals surface area contributed by atoms with E-state index < -0.39 is 0 Å². The first-order valence-corrected chi connectivity index (χ1v) is 7.49. The number of anilines is 1. The highest BCUT2D eigenvalue weighted by molar-refractivity contribution is 6.29. The molecule has 0 amide bonds. The molecule has 0 unspecified atom stereocenters. The van der Waals surface area contributed by atoms with E-state index >= 15 is 0 Å². The standard InChI is InChI=1S/C14H22ClN3O/c1-3-11(4-2)18(7-8-19)13-9-12(15)16-14(17-13)10-5-6-10/h9-11,19H,3-8H2,1-2H3. The summed E-state index contributed by atoms with van der Waals surface area (Å²) in [6.45, 7) is 5.02. The fraction of sp³-hybridized carbons (Fsp3) is 0.714. The van der Waals surface area contributed by atoms with E-state index in [9.17, 15) is 5.11 Å². The Kier molecular flexibility index (Phi) is 4.99.